The number of nitrogens with one attached hydrogen (secondary N) is 2. The lowest BCUT2D eigenvalue weighted by Gasteiger charge is -1.99. The van der Waals surface area contributed by atoms with Crippen LogP contribution in [0.3, 0.4) is 0 Å². The van der Waals surface area contributed by atoms with Crippen LogP contribution < -0.4 is 10.9 Å². The summed E-state index contributed by atoms with van der Waals surface area (Å²) in [7, 11) is 0. The van der Waals surface area contributed by atoms with E-state index < -0.39 is 15.9 Å². The van der Waals surface area contributed by atoms with Crippen LogP contribution in [-0.4, -0.2) is 28.3 Å². The molecule has 0 aliphatic rings. The summed E-state index contributed by atoms with van der Waals surface area (Å²) in [6.07, 6.45) is 2.23. The van der Waals surface area contributed by atoms with E-state index >= 15 is 0 Å². The van der Waals surface area contributed by atoms with Crippen LogP contribution in [0.4, 0.5) is 16.2 Å². The van der Waals surface area contributed by atoms with Crippen molar-refractivity contribution in [2.45, 2.75) is 0 Å². The molecule has 0 aromatic heterocycles. The van der Waals surface area contributed by atoms with Crippen LogP contribution >= 0.6 is 0 Å². The number of rotatable bonds is 6. The van der Waals surface area contributed by atoms with Crippen LogP contribution in [0.25, 0.3) is 0 Å². The highest BCUT2D eigenvalue weighted by Crippen LogP contribution is 2.15. The van der Waals surface area contributed by atoms with Crippen LogP contribution in [-0.2, 0) is 0 Å². The summed E-state index contributed by atoms with van der Waals surface area (Å²) in [6.45, 7) is 0. The molecule has 2 amide bonds. The molecule has 2 rings (SSSR count). The van der Waals surface area contributed by atoms with Crippen molar-refractivity contribution in [1.82, 2.24) is 10.9 Å². The predicted octanol–water partition coefficient (Wildman–Crippen LogP) is 2.17. The number of nitrogens with zero attached hydrogens (tertiary/aromatic N) is 4. The van der Waals surface area contributed by atoms with Crippen molar-refractivity contribution < 1.29 is 14.6 Å². The summed E-state index contributed by atoms with van der Waals surface area (Å²) in [5, 5.41) is 28.9. The van der Waals surface area contributed by atoms with Crippen LogP contribution in [0.15, 0.2) is 58.7 Å². The molecule has 0 spiro atoms. The Morgan fingerprint density at radius 1 is 0.808 bits per heavy atom. The maximum absolute atomic E-state index is 11.5. The number of amides is 2. The fourth-order valence-electron chi connectivity index (χ4n) is 1.87. The van der Waals surface area contributed by atoms with Crippen molar-refractivity contribution >= 4 is 29.8 Å². The number of urea groups is 1. The van der Waals surface area contributed by atoms with E-state index in [0.29, 0.717) is 0 Å². The molecule has 2 aromatic carbocycles. The van der Waals surface area contributed by atoms with E-state index in [1.807, 2.05) is 0 Å². The van der Waals surface area contributed by atoms with Gasteiger partial charge in [-0.05, 0) is 12.1 Å². The average molecular weight is 356 g/mol. The number of hydrazone groups is 2. The molecule has 0 fully saturated rings. The topological polar surface area (TPSA) is 152 Å². The molecule has 132 valence electrons. The van der Waals surface area contributed by atoms with Crippen LogP contribution in [0.2, 0.25) is 0 Å². The fraction of sp³-hybridized carbons (Fsp3) is 0. The summed E-state index contributed by atoms with van der Waals surface area (Å²) in [5.74, 6) is 0. The molecule has 0 unspecified atom stereocenters. The molecule has 0 heterocycles. The summed E-state index contributed by atoms with van der Waals surface area (Å²) in [4.78, 5) is 32.1. The Bertz CT molecular complexity index is 824. The monoisotopic (exact) mass is 356 g/mol. The van der Waals surface area contributed by atoms with Crippen molar-refractivity contribution in [2.75, 3.05) is 0 Å². The zero-order chi connectivity index (χ0) is 18.9. The third kappa shape index (κ3) is 4.92. The van der Waals surface area contributed by atoms with E-state index in [-0.39, 0.29) is 22.5 Å². The predicted molar refractivity (Wildman–Crippen MR) is 93.0 cm³/mol. The fourth-order valence-corrected chi connectivity index (χ4v) is 1.87. The molecule has 0 aliphatic heterocycles. The third-order valence-corrected chi connectivity index (χ3v) is 3.01. The van der Waals surface area contributed by atoms with E-state index in [4.69, 9.17) is 0 Å². The Balaban J connectivity index is 1.94. The molecule has 0 bridgehead atoms. The van der Waals surface area contributed by atoms with Gasteiger partial charge < -0.3 is 0 Å². The van der Waals surface area contributed by atoms with Gasteiger partial charge >= 0.3 is 6.03 Å². The Morgan fingerprint density at radius 2 is 1.19 bits per heavy atom. The van der Waals surface area contributed by atoms with Gasteiger partial charge in [0.1, 0.15) is 0 Å². The Hall–Kier alpha value is -4.15. The van der Waals surface area contributed by atoms with Gasteiger partial charge in [-0.2, -0.15) is 10.2 Å². The van der Waals surface area contributed by atoms with Crippen molar-refractivity contribution in [3.05, 3.63) is 79.9 Å². The summed E-state index contributed by atoms with van der Waals surface area (Å²) in [6, 6.07) is 10.9. The number of hydrogen-bond acceptors (Lipinski definition) is 7. The lowest BCUT2D eigenvalue weighted by molar-refractivity contribution is -0.385. The Kier molecular flexibility index (Phi) is 6.04. The van der Waals surface area contributed by atoms with Crippen molar-refractivity contribution in [3.8, 4) is 0 Å². The highest BCUT2D eigenvalue weighted by molar-refractivity contribution is 5.87. The molecule has 2 N–H and O–H groups in total. The lowest BCUT2D eigenvalue weighted by Crippen LogP contribution is -2.28. The van der Waals surface area contributed by atoms with Gasteiger partial charge in [-0.15, -0.1) is 0 Å². The Labute approximate surface area is 146 Å². The zero-order valence-electron chi connectivity index (χ0n) is 13.1. The number of para-hydroxylation sites is 2. The second kappa shape index (κ2) is 8.63. The first-order valence-corrected chi connectivity index (χ1v) is 7.08. The number of nitro groups is 2. The average Bonchev–Trinajstić information content (AvgIpc) is 2.62. The molecular formula is C15H12N6O5. The van der Waals surface area contributed by atoms with Gasteiger partial charge in [-0.25, -0.2) is 15.6 Å². The van der Waals surface area contributed by atoms with Gasteiger partial charge in [0.05, 0.1) is 33.4 Å². The smallest absolute Gasteiger partial charge is 0.258 e. The first-order chi connectivity index (χ1) is 12.5. The summed E-state index contributed by atoms with van der Waals surface area (Å²) < 4.78 is 0. The largest absolute Gasteiger partial charge is 0.355 e. The molecule has 0 saturated carbocycles. The number of carbonyl (C=O) groups is 1. The van der Waals surface area contributed by atoms with E-state index in [9.17, 15) is 25.0 Å². The van der Waals surface area contributed by atoms with Gasteiger partial charge in [-0.1, -0.05) is 24.3 Å². The molecular weight excluding hydrogens is 344 g/mol. The molecule has 0 saturated heterocycles. The van der Waals surface area contributed by atoms with Gasteiger partial charge in [0.15, 0.2) is 0 Å². The van der Waals surface area contributed by atoms with Gasteiger partial charge in [0.25, 0.3) is 11.4 Å². The SMILES string of the molecule is O=C(NN=Cc1ccccc1[N+](=O)[O-])N/N=C/c1ccccc1[N+](=O)[O-]. The maximum Gasteiger partial charge on any atom is 0.355 e. The summed E-state index contributed by atoms with van der Waals surface area (Å²) >= 11 is 0. The molecule has 11 heteroatoms. The van der Waals surface area contributed by atoms with E-state index in [1.54, 1.807) is 12.1 Å². The summed E-state index contributed by atoms with van der Waals surface area (Å²) in [5.41, 5.74) is 4.24. The highest BCUT2D eigenvalue weighted by Gasteiger charge is 2.11. The molecule has 0 atom stereocenters. The lowest BCUT2D eigenvalue weighted by atomic mass is 10.2. The van der Waals surface area contributed by atoms with E-state index in [1.165, 1.54) is 36.4 Å². The van der Waals surface area contributed by atoms with Gasteiger partial charge in [0, 0.05) is 12.1 Å². The number of hydrogen-bond donors (Lipinski definition) is 2. The standard InChI is InChI=1S/C15H12N6O5/c22-15(18-16-9-11-5-1-3-7-13(11)20(23)24)19-17-10-12-6-2-4-8-14(12)21(25)26/h1-10H,(H2,18,19,22)/b16-9+,17-10?. The second-order valence-corrected chi connectivity index (χ2v) is 4.70. The first kappa shape index (κ1) is 18.2. The Morgan fingerprint density at radius 3 is 1.58 bits per heavy atom. The molecule has 0 aliphatic carbocycles. The molecule has 11 nitrogen and oxygen atoms in total. The third-order valence-electron chi connectivity index (χ3n) is 3.01. The van der Waals surface area contributed by atoms with Gasteiger partial charge in [0.2, 0.25) is 0 Å². The zero-order valence-corrected chi connectivity index (χ0v) is 13.1. The van der Waals surface area contributed by atoms with Gasteiger partial charge in [-0.3, -0.25) is 20.2 Å². The minimum atomic E-state index is -0.824. The normalized spacial score (nSPS) is 10.8. The van der Waals surface area contributed by atoms with Crippen molar-refractivity contribution in [3.63, 3.8) is 0 Å². The molecule has 26 heavy (non-hydrogen) atoms. The van der Waals surface area contributed by atoms with E-state index in [2.05, 4.69) is 21.1 Å². The number of nitro benzene ring substituents is 2. The van der Waals surface area contributed by atoms with Crippen molar-refractivity contribution in [1.29, 1.82) is 0 Å². The minimum absolute atomic E-state index is 0.159. The van der Waals surface area contributed by atoms with Crippen LogP contribution in [0.5, 0.6) is 0 Å². The van der Waals surface area contributed by atoms with E-state index in [0.717, 1.165) is 12.4 Å². The molecule has 2 aromatic rings. The quantitative estimate of drug-likeness (QED) is 0.461. The number of carbonyl (C=O) groups excluding carboxylic acids is 1. The minimum Gasteiger partial charge on any atom is -0.258 e. The maximum atomic E-state index is 11.5. The number of benzene rings is 2. The molecule has 0 radical (unpaired) electrons. The first-order valence-electron chi connectivity index (χ1n) is 7.08. The van der Waals surface area contributed by atoms with Crippen LogP contribution in [0.1, 0.15) is 11.1 Å². The van der Waals surface area contributed by atoms with Crippen LogP contribution in [0, 0.1) is 20.2 Å². The highest BCUT2D eigenvalue weighted by atomic mass is 16.6. The second-order valence-electron chi connectivity index (χ2n) is 4.70. The van der Waals surface area contributed by atoms with Crippen molar-refractivity contribution in [2.24, 2.45) is 10.2 Å².